The Balaban J connectivity index is 3.14. The van der Waals surface area contributed by atoms with Gasteiger partial charge in [-0.25, -0.2) is 0 Å². The summed E-state index contributed by atoms with van der Waals surface area (Å²) in [6.45, 7) is 1.90. The molecule has 1 nitrogen and oxygen atoms in total. The van der Waals surface area contributed by atoms with E-state index in [1.165, 1.54) is 11.3 Å². The van der Waals surface area contributed by atoms with Crippen LogP contribution in [0.1, 0.15) is 4.88 Å². The molecule has 1 aromatic rings. The third kappa shape index (κ3) is 0.956. The molecule has 1 heterocycles. The second-order valence-electron chi connectivity index (χ2n) is 1.52. The van der Waals surface area contributed by atoms with E-state index in [1.807, 2.05) is 6.92 Å². The standard InChI is InChI=1S/C5H5ClOS/c1-3-2-4(7)5(6)8-3/h2,7H,1H3. The zero-order chi connectivity index (χ0) is 6.15. The molecule has 0 saturated carbocycles. The highest BCUT2D eigenvalue weighted by Crippen LogP contribution is 2.31. The molecular formula is C5H5ClOS. The van der Waals surface area contributed by atoms with Crippen molar-refractivity contribution in [1.82, 2.24) is 0 Å². The fourth-order valence-corrected chi connectivity index (χ4v) is 1.51. The average Bonchev–Trinajstić information content (AvgIpc) is 1.85. The minimum atomic E-state index is 0.189. The molecule has 0 saturated heterocycles. The number of thiophene rings is 1. The normalized spacial score (nSPS) is 9.75. The van der Waals surface area contributed by atoms with Gasteiger partial charge in [0.15, 0.2) is 0 Å². The van der Waals surface area contributed by atoms with Crippen LogP contribution in [-0.2, 0) is 0 Å². The predicted molar refractivity (Wildman–Crippen MR) is 35.7 cm³/mol. The van der Waals surface area contributed by atoms with E-state index in [2.05, 4.69) is 0 Å². The van der Waals surface area contributed by atoms with Crippen LogP contribution >= 0.6 is 22.9 Å². The van der Waals surface area contributed by atoms with Crippen LogP contribution in [-0.4, -0.2) is 5.11 Å². The van der Waals surface area contributed by atoms with Crippen LogP contribution in [0, 0.1) is 6.92 Å². The van der Waals surface area contributed by atoms with Gasteiger partial charge in [-0.3, -0.25) is 0 Å². The Morgan fingerprint density at radius 3 is 2.50 bits per heavy atom. The molecule has 1 aromatic heterocycles. The van der Waals surface area contributed by atoms with Crippen LogP contribution in [0.2, 0.25) is 4.34 Å². The molecule has 0 spiro atoms. The highest BCUT2D eigenvalue weighted by molar-refractivity contribution is 7.16. The van der Waals surface area contributed by atoms with Gasteiger partial charge in [-0.1, -0.05) is 11.6 Å². The van der Waals surface area contributed by atoms with Gasteiger partial charge in [0.05, 0.1) is 0 Å². The first-order valence-corrected chi connectivity index (χ1v) is 3.34. The average molecular weight is 149 g/mol. The van der Waals surface area contributed by atoms with E-state index >= 15 is 0 Å². The molecule has 0 aromatic carbocycles. The minimum absolute atomic E-state index is 0.189. The third-order valence-electron chi connectivity index (χ3n) is 0.792. The van der Waals surface area contributed by atoms with Gasteiger partial charge in [-0.2, -0.15) is 0 Å². The van der Waals surface area contributed by atoms with Crippen molar-refractivity contribution in [3.8, 4) is 5.75 Å². The van der Waals surface area contributed by atoms with Crippen LogP contribution in [0.4, 0.5) is 0 Å². The van der Waals surface area contributed by atoms with Crippen molar-refractivity contribution in [3.63, 3.8) is 0 Å². The maximum absolute atomic E-state index is 8.82. The first kappa shape index (κ1) is 5.92. The maximum atomic E-state index is 8.82. The molecule has 0 atom stereocenters. The quantitative estimate of drug-likeness (QED) is 0.599. The van der Waals surface area contributed by atoms with Crippen LogP contribution in [0.15, 0.2) is 6.07 Å². The van der Waals surface area contributed by atoms with Crippen molar-refractivity contribution in [2.75, 3.05) is 0 Å². The smallest absolute Gasteiger partial charge is 0.145 e. The minimum Gasteiger partial charge on any atom is -0.505 e. The highest BCUT2D eigenvalue weighted by atomic mass is 35.5. The first-order valence-electron chi connectivity index (χ1n) is 2.15. The lowest BCUT2D eigenvalue weighted by Crippen LogP contribution is -1.49. The van der Waals surface area contributed by atoms with Crippen molar-refractivity contribution in [3.05, 3.63) is 15.3 Å². The Morgan fingerprint density at radius 1 is 1.75 bits per heavy atom. The Hall–Kier alpha value is -0.210. The largest absolute Gasteiger partial charge is 0.505 e. The van der Waals surface area contributed by atoms with Crippen molar-refractivity contribution in [2.24, 2.45) is 0 Å². The summed E-state index contributed by atoms with van der Waals surface area (Å²) >= 11 is 6.88. The van der Waals surface area contributed by atoms with E-state index in [4.69, 9.17) is 16.7 Å². The summed E-state index contributed by atoms with van der Waals surface area (Å²) in [6.07, 6.45) is 0. The molecule has 0 aliphatic heterocycles. The molecule has 8 heavy (non-hydrogen) atoms. The maximum Gasteiger partial charge on any atom is 0.145 e. The molecule has 1 N–H and O–H groups in total. The van der Waals surface area contributed by atoms with Crippen molar-refractivity contribution in [1.29, 1.82) is 0 Å². The van der Waals surface area contributed by atoms with Gasteiger partial charge in [0, 0.05) is 4.88 Å². The lowest BCUT2D eigenvalue weighted by Gasteiger charge is -1.76. The molecule has 0 bridgehead atoms. The topological polar surface area (TPSA) is 20.2 Å². The predicted octanol–water partition coefficient (Wildman–Crippen LogP) is 2.42. The molecule has 44 valence electrons. The fourth-order valence-electron chi connectivity index (χ4n) is 0.472. The summed E-state index contributed by atoms with van der Waals surface area (Å²) in [5, 5.41) is 8.82. The SMILES string of the molecule is Cc1cc(O)c(Cl)s1. The van der Waals surface area contributed by atoms with Crippen molar-refractivity contribution < 1.29 is 5.11 Å². The van der Waals surface area contributed by atoms with Gasteiger partial charge >= 0.3 is 0 Å². The van der Waals surface area contributed by atoms with Gasteiger partial charge in [-0.15, -0.1) is 11.3 Å². The molecule has 3 heteroatoms. The third-order valence-corrected chi connectivity index (χ3v) is 2.05. The van der Waals surface area contributed by atoms with Gasteiger partial charge < -0.3 is 5.11 Å². The number of rotatable bonds is 0. The zero-order valence-electron chi connectivity index (χ0n) is 4.31. The lowest BCUT2D eigenvalue weighted by atomic mass is 10.5. The van der Waals surface area contributed by atoms with Crippen molar-refractivity contribution in [2.45, 2.75) is 6.92 Å². The molecular weight excluding hydrogens is 144 g/mol. The van der Waals surface area contributed by atoms with Crippen LogP contribution < -0.4 is 0 Å². The number of aryl methyl sites for hydroxylation is 1. The molecule has 1 rings (SSSR count). The van der Waals surface area contributed by atoms with Gasteiger partial charge in [0.2, 0.25) is 0 Å². The molecule has 0 aliphatic rings. The van der Waals surface area contributed by atoms with Crippen LogP contribution in [0.3, 0.4) is 0 Å². The van der Waals surface area contributed by atoms with E-state index in [0.717, 1.165) is 4.88 Å². The highest BCUT2D eigenvalue weighted by Gasteiger charge is 1.99. The summed E-state index contributed by atoms with van der Waals surface area (Å²) in [5.74, 6) is 0.189. The van der Waals surface area contributed by atoms with E-state index in [0.29, 0.717) is 4.34 Å². The molecule has 0 amide bonds. The Kier molecular flexibility index (Phi) is 1.45. The molecule has 0 aliphatic carbocycles. The van der Waals surface area contributed by atoms with Crippen molar-refractivity contribution >= 4 is 22.9 Å². The van der Waals surface area contributed by atoms with E-state index in [1.54, 1.807) is 6.07 Å². The Labute approximate surface area is 56.5 Å². The molecule has 0 fully saturated rings. The van der Waals surface area contributed by atoms with Crippen LogP contribution in [0.5, 0.6) is 5.75 Å². The zero-order valence-corrected chi connectivity index (χ0v) is 5.88. The number of halogens is 1. The van der Waals surface area contributed by atoms with E-state index in [9.17, 15) is 0 Å². The Morgan fingerprint density at radius 2 is 2.38 bits per heavy atom. The summed E-state index contributed by atoms with van der Waals surface area (Å²) < 4.78 is 0.475. The molecule has 0 radical (unpaired) electrons. The first-order chi connectivity index (χ1) is 3.70. The lowest BCUT2D eigenvalue weighted by molar-refractivity contribution is 0.478. The Bertz CT molecular complexity index is 175. The van der Waals surface area contributed by atoms with E-state index in [-0.39, 0.29) is 5.75 Å². The van der Waals surface area contributed by atoms with Gasteiger partial charge in [0.1, 0.15) is 10.1 Å². The summed E-state index contributed by atoms with van der Waals surface area (Å²) in [6, 6.07) is 1.65. The molecule has 0 unspecified atom stereocenters. The fraction of sp³-hybridized carbons (Fsp3) is 0.200. The second kappa shape index (κ2) is 1.96. The number of hydrogen-bond donors (Lipinski definition) is 1. The monoisotopic (exact) mass is 148 g/mol. The summed E-state index contributed by atoms with van der Waals surface area (Å²) in [7, 11) is 0. The van der Waals surface area contributed by atoms with Crippen LogP contribution in [0.25, 0.3) is 0 Å². The van der Waals surface area contributed by atoms with Gasteiger partial charge in [0.25, 0.3) is 0 Å². The number of hydrogen-bond acceptors (Lipinski definition) is 2. The summed E-state index contributed by atoms with van der Waals surface area (Å²) in [5.41, 5.74) is 0. The summed E-state index contributed by atoms with van der Waals surface area (Å²) in [4.78, 5) is 1.03. The second-order valence-corrected chi connectivity index (χ2v) is 3.37. The number of aromatic hydroxyl groups is 1. The van der Waals surface area contributed by atoms with Gasteiger partial charge in [-0.05, 0) is 13.0 Å². The van der Waals surface area contributed by atoms with E-state index < -0.39 is 0 Å².